The van der Waals surface area contributed by atoms with E-state index in [9.17, 15) is 14.4 Å². The van der Waals surface area contributed by atoms with E-state index in [2.05, 4.69) is 4.74 Å². The largest absolute Gasteiger partial charge is 0.481 e. The van der Waals surface area contributed by atoms with E-state index in [0.29, 0.717) is 0 Å². The van der Waals surface area contributed by atoms with Crippen molar-refractivity contribution >= 4 is 17.8 Å². The number of carboxylic acid groups (broad SMARTS) is 1. The molecular formula is C8H11NO5. The SMILES string of the molecule is CC(CN1CC(=O)OCC1=O)C(=O)O. The van der Waals surface area contributed by atoms with Gasteiger partial charge in [0.2, 0.25) is 0 Å². The van der Waals surface area contributed by atoms with Crippen molar-refractivity contribution in [1.82, 2.24) is 4.90 Å². The molecule has 0 aromatic heterocycles. The summed E-state index contributed by atoms with van der Waals surface area (Å²) >= 11 is 0. The summed E-state index contributed by atoms with van der Waals surface area (Å²) in [4.78, 5) is 33.7. The maximum Gasteiger partial charge on any atom is 0.326 e. The Morgan fingerprint density at radius 3 is 2.86 bits per heavy atom. The predicted octanol–water partition coefficient (Wildman–Crippen LogP) is -0.907. The highest BCUT2D eigenvalue weighted by Crippen LogP contribution is 2.05. The van der Waals surface area contributed by atoms with E-state index in [0.717, 1.165) is 0 Å². The van der Waals surface area contributed by atoms with Crippen LogP contribution in [0.2, 0.25) is 0 Å². The Labute approximate surface area is 80.4 Å². The lowest BCUT2D eigenvalue weighted by atomic mass is 10.1. The van der Waals surface area contributed by atoms with Crippen LogP contribution in [0.3, 0.4) is 0 Å². The first-order valence-electron chi connectivity index (χ1n) is 4.17. The fraction of sp³-hybridized carbons (Fsp3) is 0.625. The molecule has 14 heavy (non-hydrogen) atoms. The van der Waals surface area contributed by atoms with Gasteiger partial charge >= 0.3 is 11.9 Å². The lowest BCUT2D eigenvalue weighted by Crippen LogP contribution is -2.47. The van der Waals surface area contributed by atoms with Gasteiger partial charge in [0.05, 0.1) is 5.92 Å². The van der Waals surface area contributed by atoms with Crippen LogP contribution in [0, 0.1) is 5.92 Å². The highest BCUT2D eigenvalue weighted by Gasteiger charge is 2.27. The van der Waals surface area contributed by atoms with E-state index >= 15 is 0 Å². The van der Waals surface area contributed by atoms with E-state index in [1.165, 1.54) is 11.8 Å². The van der Waals surface area contributed by atoms with E-state index in [-0.39, 0.29) is 25.6 Å². The molecule has 1 amide bonds. The predicted molar refractivity (Wildman–Crippen MR) is 44.3 cm³/mol. The fourth-order valence-corrected chi connectivity index (χ4v) is 1.10. The normalized spacial score (nSPS) is 19.1. The van der Waals surface area contributed by atoms with Gasteiger partial charge in [0.1, 0.15) is 6.54 Å². The molecule has 0 aromatic rings. The Kier molecular flexibility index (Phi) is 3.06. The third-order valence-electron chi connectivity index (χ3n) is 1.95. The van der Waals surface area contributed by atoms with Crippen molar-refractivity contribution in [2.75, 3.05) is 19.7 Å². The van der Waals surface area contributed by atoms with Crippen molar-refractivity contribution in [2.24, 2.45) is 5.92 Å². The molecule has 1 aliphatic heterocycles. The van der Waals surface area contributed by atoms with Crippen LogP contribution in [-0.2, 0) is 19.1 Å². The van der Waals surface area contributed by atoms with Crippen molar-refractivity contribution in [1.29, 1.82) is 0 Å². The number of esters is 1. The van der Waals surface area contributed by atoms with Crippen LogP contribution < -0.4 is 0 Å². The molecule has 1 unspecified atom stereocenters. The monoisotopic (exact) mass is 201 g/mol. The van der Waals surface area contributed by atoms with E-state index in [1.807, 2.05) is 0 Å². The molecule has 78 valence electrons. The van der Waals surface area contributed by atoms with Gasteiger partial charge in [-0.1, -0.05) is 6.92 Å². The summed E-state index contributed by atoms with van der Waals surface area (Å²) in [5, 5.41) is 8.61. The number of carbonyl (C=O) groups excluding carboxylic acids is 2. The van der Waals surface area contributed by atoms with Gasteiger partial charge in [-0.15, -0.1) is 0 Å². The Morgan fingerprint density at radius 1 is 1.64 bits per heavy atom. The molecule has 6 heteroatoms. The minimum atomic E-state index is -0.989. The van der Waals surface area contributed by atoms with Gasteiger partial charge in [0, 0.05) is 6.54 Å². The second-order valence-electron chi connectivity index (χ2n) is 3.17. The molecule has 0 aliphatic carbocycles. The third kappa shape index (κ3) is 2.45. The highest BCUT2D eigenvalue weighted by atomic mass is 16.5. The Hall–Kier alpha value is -1.59. The molecule has 1 atom stereocenters. The zero-order chi connectivity index (χ0) is 10.7. The molecule has 1 fully saturated rings. The molecule has 0 spiro atoms. The van der Waals surface area contributed by atoms with E-state index in [4.69, 9.17) is 5.11 Å². The van der Waals surface area contributed by atoms with Crippen molar-refractivity contribution in [3.8, 4) is 0 Å². The van der Waals surface area contributed by atoms with Crippen molar-refractivity contribution in [2.45, 2.75) is 6.92 Å². The Bertz CT molecular complexity index is 275. The molecule has 1 aliphatic rings. The van der Waals surface area contributed by atoms with Crippen molar-refractivity contribution in [3.05, 3.63) is 0 Å². The number of carboxylic acids is 1. The fourth-order valence-electron chi connectivity index (χ4n) is 1.10. The first-order valence-corrected chi connectivity index (χ1v) is 4.17. The lowest BCUT2D eigenvalue weighted by Gasteiger charge is -2.26. The number of morpholine rings is 1. The Balaban J connectivity index is 2.53. The number of carbonyl (C=O) groups is 3. The smallest absolute Gasteiger partial charge is 0.326 e. The summed E-state index contributed by atoms with van der Waals surface area (Å²) in [5.74, 6) is -2.51. The molecule has 6 nitrogen and oxygen atoms in total. The van der Waals surface area contributed by atoms with Crippen molar-refractivity contribution in [3.63, 3.8) is 0 Å². The summed E-state index contributed by atoms with van der Waals surface area (Å²) in [7, 11) is 0. The molecule has 0 saturated carbocycles. The van der Waals surface area contributed by atoms with Gasteiger partial charge in [-0.2, -0.15) is 0 Å². The maximum absolute atomic E-state index is 11.2. The van der Waals surface area contributed by atoms with Gasteiger partial charge in [-0.3, -0.25) is 14.4 Å². The molecule has 1 rings (SSSR count). The number of cyclic esters (lactones) is 1. The van der Waals surface area contributed by atoms with Crippen LogP contribution in [0.15, 0.2) is 0 Å². The van der Waals surface area contributed by atoms with E-state index < -0.39 is 17.9 Å². The van der Waals surface area contributed by atoms with Crippen LogP contribution in [0.1, 0.15) is 6.92 Å². The molecule has 1 N–H and O–H groups in total. The van der Waals surface area contributed by atoms with Crippen LogP contribution in [0.25, 0.3) is 0 Å². The molecule has 1 heterocycles. The van der Waals surface area contributed by atoms with Gasteiger partial charge < -0.3 is 14.7 Å². The summed E-state index contributed by atoms with van der Waals surface area (Å²) in [6.07, 6.45) is 0. The number of hydrogen-bond acceptors (Lipinski definition) is 4. The first kappa shape index (κ1) is 10.5. The second-order valence-corrected chi connectivity index (χ2v) is 3.17. The minimum absolute atomic E-state index is 0.0449. The Morgan fingerprint density at radius 2 is 2.29 bits per heavy atom. The average molecular weight is 201 g/mol. The first-order chi connectivity index (χ1) is 6.50. The molecular weight excluding hydrogens is 190 g/mol. The van der Waals surface area contributed by atoms with Gasteiger partial charge in [-0.25, -0.2) is 0 Å². The zero-order valence-corrected chi connectivity index (χ0v) is 7.73. The zero-order valence-electron chi connectivity index (χ0n) is 7.73. The average Bonchev–Trinajstić information content (AvgIpc) is 2.11. The molecule has 0 radical (unpaired) electrons. The molecule has 0 bridgehead atoms. The van der Waals surface area contributed by atoms with Gasteiger partial charge in [0.25, 0.3) is 5.91 Å². The molecule has 0 aromatic carbocycles. The maximum atomic E-state index is 11.2. The van der Waals surface area contributed by atoms with Gasteiger partial charge in [-0.05, 0) is 0 Å². The standard InChI is InChI=1S/C8H11NO5/c1-5(8(12)13)2-9-3-7(11)14-4-6(9)10/h5H,2-4H2,1H3,(H,12,13). The van der Waals surface area contributed by atoms with Crippen LogP contribution >= 0.6 is 0 Å². The second kappa shape index (κ2) is 4.08. The summed E-state index contributed by atoms with van der Waals surface area (Å²) in [6.45, 7) is 1.08. The lowest BCUT2D eigenvalue weighted by molar-refractivity contribution is -0.163. The number of ether oxygens (including phenoxy) is 1. The number of nitrogens with zero attached hydrogens (tertiary/aromatic N) is 1. The van der Waals surface area contributed by atoms with Crippen LogP contribution in [0.4, 0.5) is 0 Å². The highest BCUT2D eigenvalue weighted by molar-refractivity contribution is 5.88. The van der Waals surface area contributed by atoms with Crippen LogP contribution in [-0.4, -0.2) is 47.5 Å². The van der Waals surface area contributed by atoms with Gasteiger partial charge in [0.15, 0.2) is 6.61 Å². The van der Waals surface area contributed by atoms with Crippen LogP contribution in [0.5, 0.6) is 0 Å². The number of aliphatic carboxylic acids is 1. The summed E-state index contributed by atoms with van der Waals surface area (Å²) in [5.41, 5.74) is 0. The summed E-state index contributed by atoms with van der Waals surface area (Å²) < 4.78 is 4.48. The third-order valence-corrected chi connectivity index (χ3v) is 1.95. The van der Waals surface area contributed by atoms with Crippen molar-refractivity contribution < 1.29 is 24.2 Å². The quantitative estimate of drug-likeness (QED) is 0.598. The summed E-state index contributed by atoms with van der Waals surface area (Å²) in [6, 6.07) is 0. The topological polar surface area (TPSA) is 83.9 Å². The number of amides is 1. The van der Waals surface area contributed by atoms with E-state index in [1.54, 1.807) is 0 Å². The number of hydrogen-bond donors (Lipinski definition) is 1. The minimum Gasteiger partial charge on any atom is -0.481 e. The number of rotatable bonds is 3. The molecule has 1 saturated heterocycles.